The van der Waals surface area contributed by atoms with Crippen molar-refractivity contribution in [1.29, 1.82) is 0 Å². The number of hydrogen-bond acceptors (Lipinski definition) is 1. The van der Waals surface area contributed by atoms with E-state index < -0.39 is 0 Å². The van der Waals surface area contributed by atoms with Crippen molar-refractivity contribution in [2.24, 2.45) is 11.8 Å². The molecule has 2 unspecified atom stereocenters. The molecule has 0 aromatic carbocycles. The molecular weight excluding hydrogens is 122 g/mol. The van der Waals surface area contributed by atoms with Gasteiger partial charge < -0.3 is 5.32 Å². The molecule has 0 bridgehead atoms. The first-order valence-electron chi connectivity index (χ1n) is 4.51. The van der Waals surface area contributed by atoms with E-state index in [9.17, 15) is 0 Å². The van der Waals surface area contributed by atoms with Crippen molar-refractivity contribution in [3.05, 3.63) is 0 Å². The highest BCUT2D eigenvalue weighted by atomic mass is 15.0. The average Bonchev–Trinajstić information content (AvgIpc) is 2.43. The number of nitrogens with one attached hydrogen (secondary N) is 1. The summed E-state index contributed by atoms with van der Waals surface area (Å²) in [5.74, 6) is 1.96. The molecule has 2 saturated carbocycles. The molecular formula is C9H17N. The molecule has 0 aromatic rings. The van der Waals surface area contributed by atoms with E-state index in [0.717, 1.165) is 23.9 Å². The molecule has 0 amide bonds. The summed E-state index contributed by atoms with van der Waals surface area (Å²) in [7, 11) is 0. The quantitative estimate of drug-likeness (QED) is 0.615. The Balaban J connectivity index is 1.64. The van der Waals surface area contributed by atoms with Gasteiger partial charge >= 0.3 is 0 Å². The van der Waals surface area contributed by atoms with Gasteiger partial charge in [0.15, 0.2) is 0 Å². The molecule has 2 aliphatic rings. The second kappa shape index (κ2) is 2.23. The van der Waals surface area contributed by atoms with Crippen LogP contribution in [0.25, 0.3) is 0 Å². The molecule has 58 valence electrons. The minimum Gasteiger partial charge on any atom is -0.311 e. The smallest absolute Gasteiger partial charge is 0.00989 e. The molecule has 2 atom stereocenters. The molecule has 2 aliphatic carbocycles. The lowest BCUT2D eigenvalue weighted by molar-refractivity contribution is 0.238. The van der Waals surface area contributed by atoms with Crippen LogP contribution in [0.5, 0.6) is 0 Å². The summed E-state index contributed by atoms with van der Waals surface area (Å²) in [5, 5.41) is 3.67. The molecule has 10 heavy (non-hydrogen) atoms. The van der Waals surface area contributed by atoms with E-state index in [1.165, 1.54) is 19.3 Å². The monoisotopic (exact) mass is 139 g/mol. The molecule has 2 fully saturated rings. The van der Waals surface area contributed by atoms with Crippen molar-refractivity contribution in [2.75, 3.05) is 0 Å². The van der Waals surface area contributed by atoms with Crippen LogP contribution in [0.4, 0.5) is 0 Å². The van der Waals surface area contributed by atoms with Crippen molar-refractivity contribution >= 4 is 0 Å². The van der Waals surface area contributed by atoms with Crippen LogP contribution in [-0.2, 0) is 0 Å². The lowest BCUT2D eigenvalue weighted by atomic mass is 9.82. The Morgan fingerprint density at radius 2 is 1.70 bits per heavy atom. The van der Waals surface area contributed by atoms with Gasteiger partial charge in [0.25, 0.3) is 0 Å². The van der Waals surface area contributed by atoms with Gasteiger partial charge in [0, 0.05) is 12.1 Å². The fraction of sp³-hybridized carbons (Fsp3) is 1.00. The van der Waals surface area contributed by atoms with E-state index in [1.54, 1.807) is 0 Å². The van der Waals surface area contributed by atoms with Gasteiger partial charge in [-0.2, -0.15) is 0 Å². The Morgan fingerprint density at radius 3 is 2.10 bits per heavy atom. The van der Waals surface area contributed by atoms with Crippen LogP contribution in [0.3, 0.4) is 0 Å². The number of rotatable bonds is 2. The summed E-state index contributed by atoms with van der Waals surface area (Å²) in [5.41, 5.74) is 0. The molecule has 0 aromatic heterocycles. The van der Waals surface area contributed by atoms with Gasteiger partial charge in [-0.3, -0.25) is 0 Å². The van der Waals surface area contributed by atoms with Crippen molar-refractivity contribution in [1.82, 2.24) is 5.32 Å². The predicted molar refractivity (Wildman–Crippen MR) is 42.9 cm³/mol. The molecule has 0 aliphatic heterocycles. The van der Waals surface area contributed by atoms with Crippen molar-refractivity contribution in [3.63, 3.8) is 0 Å². The lowest BCUT2D eigenvalue weighted by Gasteiger charge is -2.33. The highest BCUT2D eigenvalue weighted by molar-refractivity contribution is 4.95. The fourth-order valence-electron chi connectivity index (χ4n) is 1.90. The first kappa shape index (κ1) is 6.66. The maximum Gasteiger partial charge on any atom is 0.00989 e. The maximum absolute atomic E-state index is 3.67. The molecule has 0 saturated heterocycles. The summed E-state index contributed by atoms with van der Waals surface area (Å²) >= 11 is 0. The summed E-state index contributed by atoms with van der Waals surface area (Å²) in [6.07, 6.45) is 4.26. The van der Waals surface area contributed by atoms with E-state index in [1.807, 2.05) is 0 Å². The molecule has 2 rings (SSSR count). The molecule has 1 nitrogen and oxygen atoms in total. The van der Waals surface area contributed by atoms with Crippen molar-refractivity contribution in [3.8, 4) is 0 Å². The van der Waals surface area contributed by atoms with Crippen LogP contribution < -0.4 is 5.32 Å². The van der Waals surface area contributed by atoms with Crippen LogP contribution in [-0.4, -0.2) is 12.1 Å². The molecule has 1 N–H and O–H groups in total. The molecule has 0 heterocycles. The third-order valence-electron chi connectivity index (χ3n) is 2.93. The highest BCUT2D eigenvalue weighted by Crippen LogP contribution is 2.34. The Bertz CT molecular complexity index is 127. The van der Waals surface area contributed by atoms with E-state index in [2.05, 4.69) is 19.2 Å². The Labute approximate surface area is 63.2 Å². The standard InChI is InChI=1S/C9H17N/c1-6-3-8(4-6)10-9-5-7(9)2/h6-10H,3-5H2,1-2H3. The molecule has 1 heteroatoms. The Hall–Kier alpha value is -0.0400. The maximum atomic E-state index is 3.67. The fourth-order valence-corrected chi connectivity index (χ4v) is 1.90. The van der Waals surface area contributed by atoms with Gasteiger partial charge in [-0.25, -0.2) is 0 Å². The van der Waals surface area contributed by atoms with Crippen LogP contribution in [0.15, 0.2) is 0 Å². The van der Waals surface area contributed by atoms with Crippen LogP contribution >= 0.6 is 0 Å². The number of hydrogen-bond donors (Lipinski definition) is 1. The molecule has 0 spiro atoms. The zero-order valence-electron chi connectivity index (χ0n) is 6.93. The normalized spacial score (nSPS) is 52.2. The molecule has 0 radical (unpaired) electrons. The van der Waals surface area contributed by atoms with E-state index in [4.69, 9.17) is 0 Å². The highest BCUT2D eigenvalue weighted by Gasteiger charge is 2.36. The van der Waals surface area contributed by atoms with Crippen molar-refractivity contribution < 1.29 is 0 Å². The van der Waals surface area contributed by atoms with Gasteiger partial charge in [0.2, 0.25) is 0 Å². The largest absolute Gasteiger partial charge is 0.311 e. The minimum atomic E-state index is 0.880. The van der Waals surface area contributed by atoms with Gasteiger partial charge in [0.1, 0.15) is 0 Å². The SMILES string of the molecule is CC1CC(NC2CC2C)C1. The van der Waals surface area contributed by atoms with Gasteiger partial charge in [0.05, 0.1) is 0 Å². The predicted octanol–water partition coefficient (Wildman–Crippen LogP) is 1.78. The van der Waals surface area contributed by atoms with Crippen LogP contribution in [0.2, 0.25) is 0 Å². The zero-order valence-corrected chi connectivity index (χ0v) is 6.93. The minimum absolute atomic E-state index is 0.880. The van der Waals surface area contributed by atoms with Gasteiger partial charge in [-0.05, 0) is 31.1 Å². The van der Waals surface area contributed by atoms with E-state index in [-0.39, 0.29) is 0 Å². The van der Waals surface area contributed by atoms with Crippen LogP contribution in [0.1, 0.15) is 33.1 Å². The Morgan fingerprint density at radius 1 is 1.10 bits per heavy atom. The van der Waals surface area contributed by atoms with Crippen molar-refractivity contribution in [2.45, 2.75) is 45.2 Å². The van der Waals surface area contributed by atoms with E-state index in [0.29, 0.717) is 0 Å². The lowest BCUT2D eigenvalue weighted by Crippen LogP contribution is -2.41. The second-order valence-corrected chi connectivity index (χ2v) is 4.26. The third kappa shape index (κ3) is 1.20. The topological polar surface area (TPSA) is 12.0 Å². The Kier molecular flexibility index (Phi) is 1.48. The first-order chi connectivity index (χ1) is 4.75. The summed E-state index contributed by atoms with van der Waals surface area (Å²) in [6.45, 7) is 4.67. The van der Waals surface area contributed by atoms with E-state index >= 15 is 0 Å². The third-order valence-corrected chi connectivity index (χ3v) is 2.93. The second-order valence-electron chi connectivity index (χ2n) is 4.26. The van der Waals surface area contributed by atoms with Crippen LogP contribution in [0, 0.1) is 11.8 Å². The van der Waals surface area contributed by atoms with Gasteiger partial charge in [-0.15, -0.1) is 0 Å². The summed E-state index contributed by atoms with van der Waals surface area (Å²) in [6, 6.07) is 1.77. The summed E-state index contributed by atoms with van der Waals surface area (Å²) < 4.78 is 0. The summed E-state index contributed by atoms with van der Waals surface area (Å²) in [4.78, 5) is 0. The average molecular weight is 139 g/mol. The zero-order chi connectivity index (χ0) is 7.14. The first-order valence-corrected chi connectivity index (χ1v) is 4.51. The van der Waals surface area contributed by atoms with Gasteiger partial charge in [-0.1, -0.05) is 13.8 Å².